The molecule has 2 nitrogen and oxygen atoms in total. The monoisotopic (exact) mass is 242 g/mol. The van der Waals surface area contributed by atoms with Gasteiger partial charge in [0.1, 0.15) is 0 Å². The van der Waals surface area contributed by atoms with Crippen molar-refractivity contribution in [3.8, 4) is 0 Å². The maximum absolute atomic E-state index is 5.75. The van der Waals surface area contributed by atoms with Crippen molar-refractivity contribution in [1.29, 1.82) is 0 Å². The summed E-state index contributed by atoms with van der Waals surface area (Å²) in [5.41, 5.74) is 0. The van der Waals surface area contributed by atoms with E-state index in [0.29, 0.717) is 5.92 Å². The Labute approximate surface area is 133 Å². The Kier molecular flexibility index (Phi) is 12.9. The fourth-order valence-electron chi connectivity index (χ4n) is 0.983. The van der Waals surface area contributed by atoms with Gasteiger partial charge in [0, 0.05) is 21.5 Å². The molecule has 0 atom stereocenters. The van der Waals surface area contributed by atoms with Crippen LogP contribution in [0, 0.1) is 5.92 Å². The molecule has 14 heavy (non-hydrogen) atoms. The van der Waals surface area contributed by atoms with Gasteiger partial charge in [0.05, 0.1) is 0 Å². The summed E-state index contributed by atoms with van der Waals surface area (Å²) in [5, 5.41) is 0. The van der Waals surface area contributed by atoms with Crippen LogP contribution in [-0.2, 0) is 8.85 Å². The van der Waals surface area contributed by atoms with Gasteiger partial charge in [-0.1, -0.05) is 19.8 Å². The summed E-state index contributed by atoms with van der Waals surface area (Å²) >= 11 is 0. The van der Waals surface area contributed by atoms with E-state index in [-0.39, 0.29) is 63.6 Å². The van der Waals surface area contributed by atoms with E-state index in [4.69, 9.17) is 8.85 Å². The zero-order valence-electron chi connectivity index (χ0n) is 10.8. The van der Waals surface area contributed by atoms with E-state index in [0.717, 1.165) is 6.04 Å². The largest absolute Gasteiger partial charge is 1.00 e. The van der Waals surface area contributed by atoms with Gasteiger partial charge < -0.3 is 8.85 Å². The topological polar surface area (TPSA) is 18.5 Å². The van der Waals surface area contributed by atoms with Crippen LogP contribution in [0.4, 0.5) is 0 Å². The molecule has 0 bridgehead atoms. The van der Waals surface area contributed by atoms with E-state index in [9.17, 15) is 0 Å². The van der Waals surface area contributed by atoms with Crippen LogP contribution in [0.2, 0.25) is 6.04 Å². The second kappa shape index (κ2) is 9.96. The van der Waals surface area contributed by atoms with E-state index in [1.54, 1.807) is 0 Å². The predicted molar refractivity (Wildman–Crippen MR) is 57.8 cm³/mol. The van der Waals surface area contributed by atoms with Crippen molar-refractivity contribution in [1.82, 2.24) is 0 Å². The number of hydrogen-bond acceptors (Lipinski definition) is 2. The zero-order chi connectivity index (χ0) is 10.4. The molecule has 0 N–H and O–H groups in total. The van der Waals surface area contributed by atoms with Crippen LogP contribution in [0.1, 0.15) is 41.5 Å². The van der Waals surface area contributed by atoms with Crippen molar-refractivity contribution in [2.75, 3.05) is 0 Å². The molecule has 0 aliphatic heterocycles. The Hall–Kier alpha value is 1.77. The molecule has 0 aliphatic carbocycles. The molecular weight excluding hydrogens is 219 g/mol. The fraction of sp³-hybridized carbons (Fsp3) is 1.00. The quantitative estimate of drug-likeness (QED) is 0.610. The molecule has 0 aromatic heterocycles. The summed E-state index contributed by atoms with van der Waals surface area (Å²) in [6.45, 7) is 12.7. The molecule has 0 amide bonds. The first-order valence-electron chi connectivity index (χ1n) is 5.11. The van der Waals surface area contributed by atoms with Crippen molar-refractivity contribution in [3.63, 3.8) is 0 Å². The van der Waals surface area contributed by atoms with Crippen LogP contribution in [0.3, 0.4) is 0 Å². The summed E-state index contributed by atoms with van der Waals surface area (Å²) in [4.78, 5) is 0. The summed E-state index contributed by atoms with van der Waals surface area (Å²) in [6.07, 6.45) is 0.567. The SMILES string of the molecule is CC(C)C[Si-](OC(C)C)OC(C)C.[K+]. The molecule has 0 spiro atoms. The summed E-state index contributed by atoms with van der Waals surface area (Å²) in [6, 6.07) is 1.07. The molecule has 0 heterocycles. The first-order chi connectivity index (χ1) is 5.91. The third-order valence-electron chi connectivity index (χ3n) is 1.31. The average Bonchev–Trinajstić information content (AvgIpc) is 1.80. The second-order valence-electron chi connectivity index (χ2n) is 4.30. The van der Waals surface area contributed by atoms with E-state index in [2.05, 4.69) is 41.5 Å². The maximum Gasteiger partial charge on any atom is 1.00 e. The van der Waals surface area contributed by atoms with E-state index >= 15 is 0 Å². The predicted octanol–water partition coefficient (Wildman–Crippen LogP) is -0.0154. The zero-order valence-corrected chi connectivity index (χ0v) is 14.9. The fourth-order valence-corrected chi connectivity index (χ4v) is 2.95. The average molecular weight is 242 g/mol. The van der Waals surface area contributed by atoms with Crippen LogP contribution < -0.4 is 51.4 Å². The molecule has 0 rings (SSSR count). The number of hydrogen-bond donors (Lipinski definition) is 0. The van der Waals surface area contributed by atoms with Crippen molar-refractivity contribution < 1.29 is 60.2 Å². The van der Waals surface area contributed by atoms with Gasteiger partial charge >= 0.3 is 51.4 Å². The molecule has 0 fully saturated rings. The number of rotatable bonds is 6. The van der Waals surface area contributed by atoms with Crippen molar-refractivity contribution in [2.45, 2.75) is 59.8 Å². The van der Waals surface area contributed by atoms with Crippen LogP contribution in [-0.4, -0.2) is 21.5 Å². The van der Waals surface area contributed by atoms with Gasteiger partial charge in [0.15, 0.2) is 0 Å². The molecule has 0 aliphatic rings. The van der Waals surface area contributed by atoms with Gasteiger partial charge in [-0.3, -0.25) is 0 Å². The molecule has 0 aromatic carbocycles. The normalized spacial score (nSPS) is 11.6. The molecule has 0 unspecified atom stereocenters. The Morgan fingerprint density at radius 3 is 1.43 bits per heavy atom. The first-order valence-corrected chi connectivity index (χ1v) is 6.63. The molecule has 0 aromatic rings. The molecule has 0 radical (unpaired) electrons. The third-order valence-corrected chi connectivity index (χ3v) is 3.93. The van der Waals surface area contributed by atoms with Crippen molar-refractivity contribution in [3.05, 3.63) is 0 Å². The minimum Gasteiger partial charge on any atom is -0.560 e. The van der Waals surface area contributed by atoms with Crippen molar-refractivity contribution >= 4 is 9.28 Å². The van der Waals surface area contributed by atoms with Gasteiger partial charge in [-0.05, 0) is 27.7 Å². The Bertz CT molecular complexity index is 106. The standard InChI is InChI=1S/C10H23O2Si.K/c1-8(2)7-13(11-9(3)4)12-10(5)6;/h8-10H,7H2,1-6H3;/q-1;+1. The van der Waals surface area contributed by atoms with Crippen LogP contribution in [0.15, 0.2) is 0 Å². The van der Waals surface area contributed by atoms with Crippen LogP contribution in [0.25, 0.3) is 0 Å². The van der Waals surface area contributed by atoms with Crippen LogP contribution >= 0.6 is 0 Å². The maximum atomic E-state index is 5.75. The van der Waals surface area contributed by atoms with E-state index < -0.39 is 9.28 Å². The summed E-state index contributed by atoms with van der Waals surface area (Å²) in [7, 11) is -1.04. The Balaban J connectivity index is 0. The summed E-state index contributed by atoms with van der Waals surface area (Å²) in [5.74, 6) is 0.659. The summed E-state index contributed by atoms with van der Waals surface area (Å²) < 4.78 is 11.5. The van der Waals surface area contributed by atoms with Gasteiger partial charge in [-0.15, -0.1) is 6.04 Å². The first kappa shape index (κ1) is 18.1. The van der Waals surface area contributed by atoms with Gasteiger partial charge in [0.25, 0.3) is 0 Å². The Morgan fingerprint density at radius 1 is 0.857 bits per heavy atom. The van der Waals surface area contributed by atoms with Gasteiger partial charge in [-0.25, -0.2) is 0 Å². The molecule has 0 saturated heterocycles. The van der Waals surface area contributed by atoms with Crippen molar-refractivity contribution in [2.24, 2.45) is 5.92 Å². The molecular formula is C10H23KO2Si. The van der Waals surface area contributed by atoms with E-state index in [1.165, 1.54) is 0 Å². The minimum absolute atomic E-state index is 0. The van der Waals surface area contributed by atoms with Gasteiger partial charge in [-0.2, -0.15) is 0 Å². The third kappa shape index (κ3) is 11.8. The van der Waals surface area contributed by atoms with Crippen LogP contribution in [0.5, 0.6) is 0 Å². The van der Waals surface area contributed by atoms with E-state index in [1.807, 2.05) is 0 Å². The second-order valence-corrected chi connectivity index (χ2v) is 5.93. The smallest absolute Gasteiger partial charge is 0.560 e. The molecule has 0 saturated carbocycles. The van der Waals surface area contributed by atoms with Gasteiger partial charge in [0.2, 0.25) is 0 Å². The molecule has 4 heteroatoms. The minimum atomic E-state index is -1.04. The molecule has 80 valence electrons. The Morgan fingerprint density at radius 2 is 1.21 bits per heavy atom.